The second-order valence-electron chi connectivity index (χ2n) is 8.21. The molecule has 0 bridgehead atoms. The summed E-state index contributed by atoms with van der Waals surface area (Å²) < 4.78 is 6.42. The van der Waals surface area contributed by atoms with Crippen molar-refractivity contribution in [3.8, 4) is 0 Å². The molecular weight excluding hydrogens is 410 g/mol. The minimum absolute atomic E-state index is 0.0960. The summed E-state index contributed by atoms with van der Waals surface area (Å²) in [7, 11) is 1.75. The van der Waals surface area contributed by atoms with Crippen LogP contribution in [0.25, 0.3) is 0 Å². The van der Waals surface area contributed by atoms with Gasteiger partial charge in [0.2, 0.25) is 0 Å². The highest BCUT2D eigenvalue weighted by Crippen LogP contribution is 2.22. The van der Waals surface area contributed by atoms with E-state index in [-0.39, 0.29) is 18.0 Å². The number of halogens is 1. The Morgan fingerprint density at radius 2 is 2.07 bits per heavy atom. The van der Waals surface area contributed by atoms with E-state index in [1.54, 1.807) is 11.9 Å². The molecule has 2 rings (SSSR count). The molecule has 1 aromatic rings. The highest BCUT2D eigenvalue weighted by Gasteiger charge is 2.27. The molecule has 27 heavy (non-hydrogen) atoms. The van der Waals surface area contributed by atoms with E-state index in [4.69, 9.17) is 4.74 Å². The topological polar surface area (TPSA) is 61.9 Å². The lowest BCUT2D eigenvalue weighted by atomic mass is 9.98. The maximum Gasteiger partial charge on any atom is 0.410 e. The number of amides is 3. The van der Waals surface area contributed by atoms with Crippen LogP contribution in [0.1, 0.15) is 39.2 Å². The van der Waals surface area contributed by atoms with Gasteiger partial charge < -0.3 is 19.9 Å². The molecule has 150 valence electrons. The van der Waals surface area contributed by atoms with Crippen molar-refractivity contribution in [3.63, 3.8) is 0 Å². The molecule has 0 radical (unpaired) electrons. The number of ether oxygens (including phenoxy) is 1. The number of urea groups is 1. The van der Waals surface area contributed by atoms with Crippen LogP contribution < -0.4 is 5.32 Å². The quantitative estimate of drug-likeness (QED) is 0.730. The molecule has 7 heteroatoms. The molecule has 1 fully saturated rings. The van der Waals surface area contributed by atoms with Crippen molar-refractivity contribution < 1.29 is 14.3 Å². The second-order valence-corrected chi connectivity index (χ2v) is 9.06. The number of likely N-dealkylation sites (tertiary alicyclic amines) is 1. The lowest BCUT2D eigenvalue weighted by Gasteiger charge is -2.35. The normalized spacial score (nSPS) is 17.4. The van der Waals surface area contributed by atoms with E-state index >= 15 is 0 Å². The number of hydrogen-bond donors (Lipinski definition) is 1. The molecule has 0 aliphatic carbocycles. The Morgan fingerprint density at radius 1 is 1.37 bits per heavy atom. The summed E-state index contributed by atoms with van der Waals surface area (Å²) in [6.07, 6.45) is 1.60. The van der Waals surface area contributed by atoms with Crippen molar-refractivity contribution in [1.82, 2.24) is 9.80 Å². The van der Waals surface area contributed by atoms with E-state index in [2.05, 4.69) is 21.2 Å². The van der Waals surface area contributed by atoms with Crippen LogP contribution in [0, 0.1) is 12.8 Å². The van der Waals surface area contributed by atoms with E-state index in [1.165, 1.54) is 0 Å². The van der Waals surface area contributed by atoms with Gasteiger partial charge >= 0.3 is 12.1 Å². The first kappa shape index (κ1) is 21.5. The molecule has 0 unspecified atom stereocenters. The zero-order valence-corrected chi connectivity index (χ0v) is 18.4. The molecule has 0 spiro atoms. The highest BCUT2D eigenvalue weighted by atomic mass is 79.9. The molecular formula is C20H30BrN3O3. The van der Waals surface area contributed by atoms with Gasteiger partial charge in [0.25, 0.3) is 0 Å². The molecule has 1 atom stereocenters. The fraction of sp³-hybridized carbons (Fsp3) is 0.600. The fourth-order valence-corrected chi connectivity index (χ4v) is 3.37. The van der Waals surface area contributed by atoms with Gasteiger partial charge in [-0.1, -0.05) is 15.9 Å². The van der Waals surface area contributed by atoms with Crippen LogP contribution in [-0.2, 0) is 4.74 Å². The summed E-state index contributed by atoms with van der Waals surface area (Å²) in [5.41, 5.74) is 1.35. The molecule has 1 aliphatic heterocycles. The standard InChI is InChI=1S/C20H30BrN3O3/c1-14-11-16(8-9-17(14)21)22-18(25)24-10-6-7-15(13-24)12-23(5)19(26)27-20(2,3)4/h8-9,11,15H,6-7,10,12-13H2,1-5H3,(H,22,25)/t15-/m1/s1. The summed E-state index contributed by atoms with van der Waals surface area (Å²) in [5, 5.41) is 2.97. The predicted octanol–water partition coefficient (Wildman–Crippen LogP) is 4.87. The van der Waals surface area contributed by atoms with Gasteiger partial charge in [-0.2, -0.15) is 0 Å². The number of carbonyl (C=O) groups is 2. The molecule has 1 heterocycles. The SMILES string of the molecule is Cc1cc(NC(=O)N2CCC[C@H](CN(C)C(=O)OC(C)(C)C)C2)ccc1Br. The van der Waals surface area contributed by atoms with Crippen LogP contribution in [0.2, 0.25) is 0 Å². The predicted molar refractivity (Wildman–Crippen MR) is 111 cm³/mol. The fourth-order valence-electron chi connectivity index (χ4n) is 3.13. The number of carbonyl (C=O) groups excluding carboxylic acids is 2. The Kier molecular flexibility index (Phi) is 7.14. The van der Waals surface area contributed by atoms with E-state index < -0.39 is 5.60 Å². The molecule has 1 saturated heterocycles. The van der Waals surface area contributed by atoms with Gasteiger partial charge in [-0.15, -0.1) is 0 Å². The summed E-state index contributed by atoms with van der Waals surface area (Å²) in [4.78, 5) is 28.2. The number of nitrogens with zero attached hydrogens (tertiary/aromatic N) is 2. The van der Waals surface area contributed by atoms with Gasteiger partial charge in [0.15, 0.2) is 0 Å². The Balaban J connectivity index is 1.89. The average molecular weight is 440 g/mol. The van der Waals surface area contributed by atoms with E-state index in [1.807, 2.05) is 50.8 Å². The monoisotopic (exact) mass is 439 g/mol. The summed E-state index contributed by atoms with van der Waals surface area (Å²) in [5.74, 6) is 0.244. The van der Waals surface area contributed by atoms with Crippen LogP contribution in [0.4, 0.5) is 15.3 Å². The summed E-state index contributed by atoms with van der Waals surface area (Å²) in [6.45, 7) is 9.50. The van der Waals surface area contributed by atoms with Crippen LogP contribution in [0.15, 0.2) is 22.7 Å². The molecule has 1 N–H and O–H groups in total. The number of aryl methyl sites for hydroxylation is 1. The Labute approximate surface area is 170 Å². The first-order valence-electron chi connectivity index (χ1n) is 9.31. The molecule has 1 aliphatic rings. The van der Waals surface area contributed by atoms with Gasteiger partial charge in [0.1, 0.15) is 5.60 Å². The lowest BCUT2D eigenvalue weighted by molar-refractivity contribution is 0.0253. The molecule has 6 nitrogen and oxygen atoms in total. The second kappa shape index (κ2) is 8.95. The van der Waals surface area contributed by atoms with Gasteiger partial charge in [-0.05, 0) is 70.2 Å². The minimum atomic E-state index is -0.507. The van der Waals surface area contributed by atoms with Crippen molar-refractivity contribution in [3.05, 3.63) is 28.2 Å². The molecule has 0 aromatic heterocycles. The summed E-state index contributed by atoms with van der Waals surface area (Å²) >= 11 is 3.47. The van der Waals surface area contributed by atoms with Crippen LogP contribution in [0.3, 0.4) is 0 Å². The molecule has 1 aromatic carbocycles. The van der Waals surface area contributed by atoms with Gasteiger partial charge in [0.05, 0.1) is 0 Å². The van der Waals surface area contributed by atoms with Crippen LogP contribution in [-0.4, -0.2) is 54.2 Å². The zero-order valence-electron chi connectivity index (χ0n) is 16.8. The largest absolute Gasteiger partial charge is 0.444 e. The third-order valence-corrected chi connectivity index (χ3v) is 5.34. The summed E-state index contributed by atoms with van der Waals surface area (Å²) in [6, 6.07) is 5.66. The number of rotatable bonds is 3. The van der Waals surface area contributed by atoms with Crippen LogP contribution in [0.5, 0.6) is 0 Å². The van der Waals surface area contributed by atoms with Gasteiger partial charge in [-0.3, -0.25) is 0 Å². The first-order valence-corrected chi connectivity index (χ1v) is 10.1. The number of hydrogen-bond acceptors (Lipinski definition) is 3. The minimum Gasteiger partial charge on any atom is -0.444 e. The number of piperidine rings is 1. The lowest BCUT2D eigenvalue weighted by Crippen LogP contribution is -2.46. The van der Waals surface area contributed by atoms with Gasteiger partial charge in [-0.25, -0.2) is 9.59 Å². The van der Waals surface area contributed by atoms with Crippen molar-refractivity contribution >= 4 is 33.7 Å². The number of anilines is 1. The van der Waals surface area contributed by atoms with E-state index in [9.17, 15) is 9.59 Å². The van der Waals surface area contributed by atoms with E-state index in [0.717, 1.165) is 35.1 Å². The Hall–Kier alpha value is -1.76. The maximum absolute atomic E-state index is 12.6. The molecule has 3 amide bonds. The smallest absolute Gasteiger partial charge is 0.410 e. The average Bonchev–Trinajstić information content (AvgIpc) is 2.57. The third-order valence-electron chi connectivity index (χ3n) is 4.45. The zero-order chi connectivity index (χ0) is 20.2. The first-order chi connectivity index (χ1) is 12.5. The van der Waals surface area contributed by atoms with Crippen molar-refractivity contribution in [2.75, 3.05) is 32.0 Å². The van der Waals surface area contributed by atoms with Crippen LogP contribution >= 0.6 is 15.9 Å². The third kappa shape index (κ3) is 6.72. The highest BCUT2D eigenvalue weighted by molar-refractivity contribution is 9.10. The number of nitrogens with one attached hydrogen (secondary N) is 1. The maximum atomic E-state index is 12.6. The molecule has 0 saturated carbocycles. The number of benzene rings is 1. The van der Waals surface area contributed by atoms with Crippen molar-refractivity contribution in [1.29, 1.82) is 0 Å². The van der Waals surface area contributed by atoms with Crippen molar-refractivity contribution in [2.45, 2.75) is 46.1 Å². The van der Waals surface area contributed by atoms with Gasteiger partial charge in [0, 0.05) is 36.8 Å². The Morgan fingerprint density at radius 3 is 2.70 bits per heavy atom. The Bertz CT molecular complexity index is 688. The van der Waals surface area contributed by atoms with E-state index in [0.29, 0.717) is 13.1 Å². The van der Waals surface area contributed by atoms with Crippen molar-refractivity contribution in [2.24, 2.45) is 5.92 Å².